The summed E-state index contributed by atoms with van der Waals surface area (Å²) in [7, 11) is 0. The van der Waals surface area contributed by atoms with E-state index in [0.29, 0.717) is 29.8 Å². The minimum Gasteiger partial charge on any atom is -0.323 e. The lowest BCUT2D eigenvalue weighted by molar-refractivity contribution is -0.384. The quantitative estimate of drug-likeness (QED) is 0.544. The number of nitro benzene ring substituents is 1. The SMILES string of the molecule is N#CCCn1c(-c2ccccc2)nc2ccc([N+](=O)[O-])cc21. The van der Waals surface area contributed by atoms with Gasteiger partial charge in [-0.25, -0.2) is 4.98 Å². The van der Waals surface area contributed by atoms with Crippen LogP contribution in [0, 0.1) is 21.4 Å². The Bertz CT molecular complexity index is 878. The number of fused-ring (bicyclic) bond motifs is 1. The number of aryl methyl sites for hydroxylation is 1. The average Bonchev–Trinajstić information content (AvgIpc) is 2.91. The van der Waals surface area contributed by atoms with Crippen LogP contribution in [0.15, 0.2) is 48.5 Å². The molecule has 0 atom stereocenters. The lowest BCUT2D eigenvalue weighted by Gasteiger charge is -2.06. The van der Waals surface area contributed by atoms with Crippen LogP contribution < -0.4 is 0 Å². The number of nitro groups is 1. The highest BCUT2D eigenvalue weighted by molar-refractivity contribution is 5.82. The van der Waals surface area contributed by atoms with Gasteiger partial charge >= 0.3 is 0 Å². The summed E-state index contributed by atoms with van der Waals surface area (Å²) in [5.74, 6) is 0.714. The van der Waals surface area contributed by atoms with Crippen molar-refractivity contribution in [1.82, 2.24) is 9.55 Å². The van der Waals surface area contributed by atoms with Gasteiger partial charge in [-0.3, -0.25) is 10.1 Å². The molecule has 0 saturated heterocycles. The van der Waals surface area contributed by atoms with E-state index in [1.807, 2.05) is 34.9 Å². The smallest absolute Gasteiger partial charge is 0.271 e. The number of hydrogen-bond donors (Lipinski definition) is 0. The van der Waals surface area contributed by atoms with Gasteiger partial charge in [-0.1, -0.05) is 30.3 Å². The van der Waals surface area contributed by atoms with Crippen LogP contribution in [-0.4, -0.2) is 14.5 Å². The van der Waals surface area contributed by atoms with E-state index in [-0.39, 0.29) is 5.69 Å². The van der Waals surface area contributed by atoms with Gasteiger partial charge in [0.15, 0.2) is 0 Å². The number of hydrogen-bond acceptors (Lipinski definition) is 4. The molecule has 0 spiro atoms. The molecule has 2 aromatic carbocycles. The van der Waals surface area contributed by atoms with Crippen molar-refractivity contribution in [2.45, 2.75) is 13.0 Å². The Morgan fingerprint density at radius 2 is 2.00 bits per heavy atom. The van der Waals surface area contributed by atoms with E-state index >= 15 is 0 Å². The first-order valence-electron chi connectivity index (χ1n) is 6.78. The zero-order valence-electron chi connectivity index (χ0n) is 11.6. The Balaban J connectivity index is 2.23. The predicted octanol–water partition coefficient (Wildman–Crippen LogP) is 3.53. The summed E-state index contributed by atoms with van der Waals surface area (Å²) in [6, 6.07) is 16.3. The van der Waals surface area contributed by atoms with E-state index in [9.17, 15) is 10.1 Å². The summed E-state index contributed by atoms with van der Waals surface area (Å²) in [6.45, 7) is 0.443. The van der Waals surface area contributed by atoms with Gasteiger partial charge in [0, 0.05) is 24.2 Å². The molecular formula is C16H12N4O2. The third-order valence-electron chi connectivity index (χ3n) is 3.42. The molecule has 3 rings (SSSR count). The Kier molecular flexibility index (Phi) is 3.54. The van der Waals surface area contributed by atoms with Crippen LogP contribution in [0.3, 0.4) is 0 Å². The van der Waals surface area contributed by atoms with E-state index in [1.54, 1.807) is 6.07 Å². The van der Waals surface area contributed by atoms with E-state index in [0.717, 1.165) is 5.56 Å². The lowest BCUT2D eigenvalue weighted by Crippen LogP contribution is -2.00. The van der Waals surface area contributed by atoms with Crippen molar-refractivity contribution in [2.75, 3.05) is 0 Å². The highest BCUT2D eigenvalue weighted by Gasteiger charge is 2.15. The first-order chi connectivity index (χ1) is 10.7. The molecule has 0 radical (unpaired) electrons. The van der Waals surface area contributed by atoms with Crippen molar-refractivity contribution >= 4 is 16.7 Å². The molecule has 108 valence electrons. The van der Waals surface area contributed by atoms with Crippen molar-refractivity contribution in [3.05, 3.63) is 58.6 Å². The average molecular weight is 292 g/mol. The summed E-state index contributed by atoms with van der Waals surface area (Å²) in [6.07, 6.45) is 0.313. The Hall–Kier alpha value is -3.20. The molecule has 0 aliphatic rings. The first kappa shape index (κ1) is 13.8. The van der Waals surface area contributed by atoms with E-state index < -0.39 is 4.92 Å². The Labute approximate surface area is 126 Å². The fourth-order valence-corrected chi connectivity index (χ4v) is 2.42. The van der Waals surface area contributed by atoms with Crippen molar-refractivity contribution in [3.8, 4) is 17.5 Å². The second-order valence-corrected chi connectivity index (χ2v) is 4.79. The maximum atomic E-state index is 11.0. The van der Waals surface area contributed by atoms with Crippen LogP contribution in [0.1, 0.15) is 6.42 Å². The Morgan fingerprint density at radius 1 is 1.23 bits per heavy atom. The van der Waals surface area contributed by atoms with Gasteiger partial charge in [-0.15, -0.1) is 0 Å². The lowest BCUT2D eigenvalue weighted by atomic mass is 10.2. The van der Waals surface area contributed by atoms with Gasteiger partial charge in [0.05, 0.1) is 28.4 Å². The first-order valence-corrected chi connectivity index (χ1v) is 6.78. The minimum atomic E-state index is -0.427. The number of nitrogens with zero attached hydrogens (tertiary/aromatic N) is 4. The molecule has 22 heavy (non-hydrogen) atoms. The molecule has 0 saturated carbocycles. The maximum absolute atomic E-state index is 11.0. The number of nitriles is 1. The molecule has 6 nitrogen and oxygen atoms in total. The van der Waals surface area contributed by atoms with Gasteiger partial charge in [0.2, 0.25) is 0 Å². The molecule has 6 heteroatoms. The number of benzene rings is 2. The molecule has 0 unspecified atom stereocenters. The molecule has 0 N–H and O–H groups in total. The summed E-state index contributed by atoms with van der Waals surface area (Å²) >= 11 is 0. The van der Waals surface area contributed by atoms with Crippen LogP contribution in [0.5, 0.6) is 0 Å². The fraction of sp³-hybridized carbons (Fsp3) is 0.125. The molecule has 0 aliphatic carbocycles. The molecule has 1 heterocycles. The summed E-state index contributed by atoms with van der Waals surface area (Å²) in [5.41, 5.74) is 2.29. The second kappa shape index (κ2) is 5.66. The molecule has 1 aromatic heterocycles. The zero-order valence-corrected chi connectivity index (χ0v) is 11.6. The third-order valence-corrected chi connectivity index (χ3v) is 3.42. The van der Waals surface area contributed by atoms with E-state index in [4.69, 9.17) is 5.26 Å². The highest BCUT2D eigenvalue weighted by atomic mass is 16.6. The normalized spacial score (nSPS) is 10.5. The largest absolute Gasteiger partial charge is 0.323 e. The summed E-state index contributed by atoms with van der Waals surface area (Å²) in [4.78, 5) is 15.1. The van der Waals surface area contributed by atoms with Crippen molar-refractivity contribution in [3.63, 3.8) is 0 Å². The minimum absolute atomic E-state index is 0.0187. The summed E-state index contributed by atoms with van der Waals surface area (Å²) < 4.78 is 1.86. The van der Waals surface area contributed by atoms with Crippen molar-refractivity contribution in [1.29, 1.82) is 5.26 Å². The van der Waals surface area contributed by atoms with Crippen molar-refractivity contribution in [2.24, 2.45) is 0 Å². The van der Waals surface area contributed by atoms with Gasteiger partial charge in [0.1, 0.15) is 5.82 Å². The van der Waals surface area contributed by atoms with Crippen LogP contribution in [0.25, 0.3) is 22.4 Å². The van der Waals surface area contributed by atoms with Gasteiger partial charge in [0.25, 0.3) is 5.69 Å². The molecule has 3 aromatic rings. The van der Waals surface area contributed by atoms with Crippen LogP contribution in [-0.2, 0) is 6.54 Å². The fourth-order valence-electron chi connectivity index (χ4n) is 2.42. The van der Waals surface area contributed by atoms with Crippen molar-refractivity contribution < 1.29 is 4.92 Å². The van der Waals surface area contributed by atoms with Crippen LogP contribution >= 0.6 is 0 Å². The second-order valence-electron chi connectivity index (χ2n) is 4.79. The number of imidazole rings is 1. The van der Waals surface area contributed by atoms with E-state index in [2.05, 4.69) is 11.1 Å². The highest BCUT2D eigenvalue weighted by Crippen LogP contribution is 2.27. The monoisotopic (exact) mass is 292 g/mol. The molecular weight excluding hydrogens is 280 g/mol. The van der Waals surface area contributed by atoms with Gasteiger partial charge in [-0.2, -0.15) is 5.26 Å². The van der Waals surface area contributed by atoms with Gasteiger partial charge in [-0.05, 0) is 6.07 Å². The summed E-state index contributed by atoms with van der Waals surface area (Å²) in [5, 5.41) is 19.8. The Morgan fingerprint density at radius 3 is 2.68 bits per heavy atom. The molecule has 0 bridgehead atoms. The number of rotatable bonds is 4. The van der Waals surface area contributed by atoms with Crippen LogP contribution in [0.2, 0.25) is 0 Å². The van der Waals surface area contributed by atoms with Gasteiger partial charge < -0.3 is 4.57 Å². The number of aromatic nitrogens is 2. The third kappa shape index (κ3) is 2.40. The van der Waals surface area contributed by atoms with Crippen LogP contribution in [0.4, 0.5) is 5.69 Å². The molecule has 0 fully saturated rings. The topological polar surface area (TPSA) is 84.8 Å². The predicted molar refractivity (Wildman–Crippen MR) is 82.1 cm³/mol. The van der Waals surface area contributed by atoms with E-state index in [1.165, 1.54) is 12.1 Å². The molecule has 0 amide bonds. The zero-order chi connectivity index (χ0) is 15.5. The molecule has 0 aliphatic heterocycles. The number of non-ortho nitro benzene ring substituents is 1. The maximum Gasteiger partial charge on any atom is 0.271 e. The standard InChI is InChI=1S/C16H12N4O2/c17-9-4-10-19-15-11-13(20(21)22)7-8-14(15)18-16(19)12-5-2-1-3-6-12/h1-3,5-8,11H,4,10H2.